The number of ether oxygens (including phenoxy) is 1. The van der Waals surface area contributed by atoms with Crippen LogP contribution in [0.2, 0.25) is 0 Å². The molecule has 1 atom stereocenters. The number of anilines is 1. The molecule has 1 aliphatic heterocycles. The molecule has 2 rings (SSSR count). The van der Waals surface area contributed by atoms with E-state index < -0.39 is 0 Å². The summed E-state index contributed by atoms with van der Waals surface area (Å²) in [6.45, 7) is 2.30. The predicted molar refractivity (Wildman–Crippen MR) is 62.9 cm³/mol. The van der Waals surface area contributed by atoms with Crippen LogP contribution in [0.4, 0.5) is 5.13 Å². The average Bonchev–Trinajstić information content (AvgIpc) is 2.75. The Balaban J connectivity index is 1.95. The number of aromatic nitrogens is 2. The fourth-order valence-corrected chi connectivity index (χ4v) is 2.54. The number of β-amino-alcohol motifs (C(OH)–C–C–N with tert-alkyl or cyclic N) is 1. The van der Waals surface area contributed by atoms with Crippen LogP contribution in [0.5, 0.6) is 0 Å². The van der Waals surface area contributed by atoms with E-state index in [0.29, 0.717) is 13.2 Å². The van der Waals surface area contributed by atoms with Crippen LogP contribution >= 0.6 is 11.5 Å². The molecule has 16 heavy (non-hydrogen) atoms. The van der Waals surface area contributed by atoms with Gasteiger partial charge in [-0.1, -0.05) is 0 Å². The number of methoxy groups -OCH3 is 1. The third-order valence-corrected chi connectivity index (χ3v) is 3.47. The molecule has 90 valence electrons. The van der Waals surface area contributed by atoms with Gasteiger partial charge in [-0.25, -0.2) is 4.98 Å². The normalized spacial score (nSPS) is 21.4. The van der Waals surface area contributed by atoms with E-state index in [2.05, 4.69) is 14.3 Å². The summed E-state index contributed by atoms with van der Waals surface area (Å²) >= 11 is 1.41. The number of rotatable bonds is 4. The van der Waals surface area contributed by atoms with E-state index in [0.717, 1.165) is 36.8 Å². The van der Waals surface area contributed by atoms with Crippen LogP contribution < -0.4 is 4.90 Å². The van der Waals surface area contributed by atoms with Gasteiger partial charge in [-0.3, -0.25) is 0 Å². The molecule has 1 aliphatic rings. The van der Waals surface area contributed by atoms with Gasteiger partial charge in [-0.15, -0.1) is 0 Å². The Bertz CT molecular complexity index is 332. The summed E-state index contributed by atoms with van der Waals surface area (Å²) in [6.07, 6.45) is 2.45. The van der Waals surface area contributed by atoms with Crippen molar-refractivity contribution in [2.45, 2.75) is 25.4 Å². The van der Waals surface area contributed by atoms with Crippen LogP contribution in [0.15, 0.2) is 0 Å². The molecule has 0 aliphatic carbocycles. The molecule has 1 unspecified atom stereocenters. The Morgan fingerprint density at radius 1 is 1.62 bits per heavy atom. The van der Waals surface area contributed by atoms with Crippen LogP contribution in [0.25, 0.3) is 0 Å². The zero-order valence-corrected chi connectivity index (χ0v) is 10.2. The van der Waals surface area contributed by atoms with E-state index >= 15 is 0 Å². The molecule has 1 aromatic rings. The second-order valence-corrected chi connectivity index (χ2v) is 4.71. The lowest BCUT2D eigenvalue weighted by atomic mass is 10.1. The third-order valence-electron chi connectivity index (χ3n) is 2.65. The first kappa shape index (κ1) is 11.8. The van der Waals surface area contributed by atoms with Crippen molar-refractivity contribution in [3.05, 3.63) is 5.82 Å². The summed E-state index contributed by atoms with van der Waals surface area (Å²) in [7, 11) is 1.67. The van der Waals surface area contributed by atoms with Crippen LogP contribution in [-0.2, 0) is 11.2 Å². The lowest BCUT2D eigenvalue weighted by Gasteiger charge is -2.29. The molecule has 0 aromatic carbocycles. The van der Waals surface area contributed by atoms with Crippen LogP contribution in [0, 0.1) is 0 Å². The first-order valence-corrected chi connectivity index (χ1v) is 6.31. The van der Waals surface area contributed by atoms with E-state index in [1.165, 1.54) is 11.5 Å². The van der Waals surface area contributed by atoms with E-state index in [1.807, 2.05) is 0 Å². The van der Waals surface area contributed by atoms with Gasteiger partial charge in [0.05, 0.1) is 12.7 Å². The second-order valence-electron chi connectivity index (χ2n) is 3.98. The number of piperidine rings is 1. The largest absolute Gasteiger partial charge is 0.391 e. The van der Waals surface area contributed by atoms with Crippen molar-refractivity contribution in [3.63, 3.8) is 0 Å². The standard InChI is InChI=1S/C10H17N3O2S/c1-15-6-4-9-11-10(16-12-9)13-5-2-3-8(14)7-13/h8,14H,2-7H2,1H3. The van der Waals surface area contributed by atoms with E-state index in [1.54, 1.807) is 7.11 Å². The van der Waals surface area contributed by atoms with E-state index in [9.17, 15) is 5.11 Å². The zero-order chi connectivity index (χ0) is 11.4. The van der Waals surface area contributed by atoms with Gasteiger partial charge in [0.1, 0.15) is 5.82 Å². The summed E-state index contributed by atoms with van der Waals surface area (Å²) in [4.78, 5) is 6.56. The molecule has 0 spiro atoms. The monoisotopic (exact) mass is 243 g/mol. The third kappa shape index (κ3) is 2.90. The van der Waals surface area contributed by atoms with Crippen molar-refractivity contribution in [3.8, 4) is 0 Å². The second kappa shape index (κ2) is 5.56. The number of aliphatic hydroxyl groups excluding tert-OH is 1. The number of aliphatic hydroxyl groups is 1. The maximum absolute atomic E-state index is 9.58. The lowest BCUT2D eigenvalue weighted by molar-refractivity contribution is 0.154. The van der Waals surface area contributed by atoms with Crippen LogP contribution in [0.1, 0.15) is 18.7 Å². The van der Waals surface area contributed by atoms with Gasteiger partial charge in [0.2, 0.25) is 5.13 Å². The molecule has 5 nitrogen and oxygen atoms in total. The topological polar surface area (TPSA) is 58.5 Å². The highest BCUT2D eigenvalue weighted by Crippen LogP contribution is 2.21. The fourth-order valence-electron chi connectivity index (χ4n) is 1.80. The Morgan fingerprint density at radius 3 is 3.25 bits per heavy atom. The molecule has 6 heteroatoms. The lowest BCUT2D eigenvalue weighted by Crippen LogP contribution is -2.38. The van der Waals surface area contributed by atoms with Gasteiger partial charge >= 0.3 is 0 Å². The molecule has 0 amide bonds. The van der Waals surface area contributed by atoms with Crippen molar-refractivity contribution in [2.75, 3.05) is 31.7 Å². The predicted octanol–water partition coefficient (Wildman–Crippen LogP) is 0.688. The van der Waals surface area contributed by atoms with Gasteiger partial charge in [0, 0.05) is 38.2 Å². The van der Waals surface area contributed by atoms with Gasteiger partial charge in [0.25, 0.3) is 0 Å². The van der Waals surface area contributed by atoms with Gasteiger partial charge in [0.15, 0.2) is 0 Å². The van der Waals surface area contributed by atoms with E-state index in [-0.39, 0.29) is 6.10 Å². The maximum Gasteiger partial charge on any atom is 0.205 e. The highest BCUT2D eigenvalue weighted by atomic mass is 32.1. The first-order chi connectivity index (χ1) is 7.79. The SMILES string of the molecule is COCCc1nsc(N2CCCC(O)C2)n1. The molecular weight excluding hydrogens is 226 g/mol. The van der Waals surface area contributed by atoms with Crippen molar-refractivity contribution in [2.24, 2.45) is 0 Å². The number of hydrogen-bond acceptors (Lipinski definition) is 6. The Morgan fingerprint density at radius 2 is 2.50 bits per heavy atom. The average molecular weight is 243 g/mol. The fraction of sp³-hybridized carbons (Fsp3) is 0.800. The maximum atomic E-state index is 9.58. The minimum Gasteiger partial charge on any atom is -0.391 e. The first-order valence-electron chi connectivity index (χ1n) is 5.54. The van der Waals surface area contributed by atoms with Crippen molar-refractivity contribution >= 4 is 16.7 Å². The summed E-state index contributed by atoms with van der Waals surface area (Å²) in [5, 5.41) is 10.5. The quantitative estimate of drug-likeness (QED) is 0.843. The Labute approximate surface area is 99.2 Å². The molecular formula is C10H17N3O2S. The minimum absolute atomic E-state index is 0.222. The van der Waals surface area contributed by atoms with Gasteiger partial charge in [-0.2, -0.15) is 4.37 Å². The van der Waals surface area contributed by atoms with Crippen LogP contribution in [-0.4, -0.2) is 47.4 Å². The van der Waals surface area contributed by atoms with Crippen molar-refractivity contribution in [1.82, 2.24) is 9.36 Å². The summed E-state index contributed by atoms with van der Waals surface area (Å²) < 4.78 is 9.27. The van der Waals surface area contributed by atoms with Crippen molar-refractivity contribution < 1.29 is 9.84 Å². The molecule has 2 heterocycles. The van der Waals surface area contributed by atoms with Gasteiger partial charge in [-0.05, 0) is 12.8 Å². The number of nitrogens with zero attached hydrogens (tertiary/aromatic N) is 3. The highest BCUT2D eigenvalue weighted by molar-refractivity contribution is 7.09. The zero-order valence-electron chi connectivity index (χ0n) is 9.43. The number of hydrogen-bond donors (Lipinski definition) is 1. The summed E-state index contributed by atoms with van der Waals surface area (Å²) in [5.74, 6) is 0.835. The molecule has 1 saturated heterocycles. The molecule has 1 N–H and O–H groups in total. The Kier molecular flexibility index (Phi) is 4.09. The van der Waals surface area contributed by atoms with Crippen molar-refractivity contribution in [1.29, 1.82) is 0 Å². The van der Waals surface area contributed by atoms with Gasteiger partial charge < -0.3 is 14.7 Å². The molecule has 1 fully saturated rings. The summed E-state index contributed by atoms with van der Waals surface area (Å²) in [5.41, 5.74) is 0. The molecule has 1 aromatic heterocycles. The Hall–Kier alpha value is -0.720. The molecule has 0 radical (unpaired) electrons. The molecule has 0 bridgehead atoms. The molecule has 0 saturated carbocycles. The minimum atomic E-state index is -0.222. The smallest absolute Gasteiger partial charge is 0.205 e. The van der Waals surface area contributed by atoms with Crippen LogP contribution in [0.3, 0.4) is 0 Å². The highest BCUT2D eigenvalue weighted by Gasteiger charge is 2.20. The van der Waals surface area contributed by atoms with E-state index in [4.69, 9.17) is 4.74 Å². The summed E-state index contributed by atoms with van der Waals surface area (Å²) in [6, 6.07) is 0.